The Morgan fingerprint density at radius 2 is 2.13 bits per heavy atom. The first-order chi connectivity index (χ1) is 14.6. The third kappa shape index (κ3) is 3.06. The molecule has 4 heterocycles. The van der Waals surface area contributed by atoms with Crippen molar-refractivity contribution < 1.29 is 9.90 Å². The number of rotatable bonds is 6. The second-order valence-corrected chi connectivity index (χ2v) is 7.73. The first-order valence-electron chi connectivity index (χ1n) is 9.68. The average Bonchev–Trinajstić information content (AvgIpc) is 3.45. The Kier molecular flexibility index (Phi) is 4.56. The Morgan fingerprint density at radius 3 is 2.90 bits per heavy atom. The largest absolute Gasteiger partial charge is 0.395 e. The number of imidazole rings is 2. The standard InChI is InChI=1S/C20H19ClN6O3/c21-12-4-7-25-17(9-12)24-14(18(25)19(29)23-6-8-28)11-26-16-10-22-5-3-15(16)27(20(26)30)13-1-2-13/h3-5,7,9-10,13,28H,1-2,6,8,11H2,(H,23,29). The summed E-state index contributed by atoms with van der Waals surface area (Å²) >= 11 is 6.10. The number of hydrogen-bond acceptors (Lipinski definition) is 5. The summed E-state index contributed by atoms with van der Waals surface area (Å²) in [5, 5.41) is 12.2. The summed E-state index contributed by atoms with van der Waals surface area (Å²) in [5.41, 5.74) is 2.63. The van der Waals surface area contributed by atoms with Gasteiger partial charge in [-0.2, -0.15) is 0 Å². The zero-order valence-electron chi connectivity index (χ0n) is 16.0. The topological polar surface area (TPSA) is 106 Å². The van der Waals surface area contributed by atoms with E-state index in [-0.39, 0.29) is 37.3 Å². The molecule has 1 fully saturated rings. The van der Waals surface area contributed by atoms with E-state index in [2.05, 4.69) is 15.3 Å². The molecule has 10 heteroatoms. The van der Waals surface area contributed by atoms with Crippen LogP contribution in [0.2, 0.25) is 5.02 Å². The summed E-state index contributed by atoms with van der Waals surface area (Å²) in [6.07, 6.45) is 6.95. The van der Waals surface area contributed by atoms with E-state index < -0.39 is 0 Å². The molecule has 4 aromatic rings. The van der Waals surface area contributed by atoms with Crippen LogP contribution in [0.1, 0.15) is 35.1 Å². The van der Waals surface area contributed by atoms with Crippen LogP contribution < -0.4 is 11.0 Å². The van der Waals surface area contributed by atoms with E-state index >= 15 is 0 Å². The maximum atomic E-state index is 13.2. The van der Waals surface area contributed by atoms with Crippen molar-refractivity contribution in [3.8, 4) is 0 Å². The fourth-order valence-corrected chi connectivity index (χ4v) is 3.94. The van der Waals surface area contributed by atoms with E-state index in [0.29, 0.717) is 27.6 Å². The third-order valence-electron chi connectivity index (χ3n) is 5.26. The molecule has 1 aliphatic carbocycles. The van der Waals surface area contributed by atoms with Crippen LogP contribution in [0.15, 0.2) is 41.6 Å². The molecule has 1 amide bonds. The minimum atomic E-state index is -0.383. The second-order valence-electron chi connectivity index (χ2n) is 7.29. The van der Waals surface area contributed by atoms with Gasteiger partial charge in [0, 0.05) is 36.1 Å². The van der Waals surface area contributed by atoms with E-state index in [4.69, 9.17) is 16.7 Å². The monoisotopic (exact) mass is 426 g/mol. The minimum Gasteiger partial charge on any atom is -0.395 e. The molecule has 5 rings (SSSR count). The highest BCUT2D eigenvalue weighted by molar-refractivity contribution is 6.30. The molecule has 4 aromatic heterocycles. The molecule has 0 bridgehead atoms. The van der Waals surface area contributed by atoms with E-state index in [1.165, 1.54) is 0 Å². The van der Waals surface area contributed by atoms with Crippen LogP contribution in [0.3, 0.4) is 0 Å². The summed E-state index contributed by atoms with van der Waals surface area (Å²) in [5.74, 6) is -0.383. The fraction of sp³-hybridized carbons (Fsp3) is 0.300. The van der Waals surface area contributed by atoms with Crippen molar-refractivity contribution in [3.63, 3.8) is 0 Å². The molecular weight excluding hydrogens is 408 g/mol. The van der Waals surface area contributed by atoms with Gasteiger partial charge in [0.15, 0.2) is 0 Å². The zero-order chi connectivity index (χ0) is 20.8. The number of aromatic nitrogens is 5. The van der Waals surface area contributed by atoms with Gasteiger partial charge in [0.1, 0.15) is 11.3 Å². The van der Waals surface area contributed by atoms with E-state index in [1.807, 2.05) is 6.07 Å². The summed E-state index contributed by atoms with van der Waals surface area (Å²) < 4.78 is 5.04. The van der Waals surface area contributed by atoms with Crippen LogP contribution in [0.25, 0.3) is 16.7 Å². The zero-order valence-corrected chi connectivity index (χ0v) is 16.7. The molecule has 1 aliphatic rings. The van der Waals surface area contributed by atoms with Gasteiger partial charge < -0.3 is 10.4 Å². The lowest BCUT2D eigenvalue weighted by molar-refractivity contribution is 0.0937. The Labute approximate surface area is 175 Å². The molecule has 0 unspecified atom stereocenters. The third-order valence-corrected chi connectivity index (χ3v) is 5.49. The molecule has 30 heavy (non-hydrogen) atoms. The molecule has 0 radical (unpaired) electrons. The Hall–Kier alpha value is -3.17. The lowest BCUT2D eigenvalue weighted by atomic mass is 10.3. The highest BCUT2D eigenvalue weighted by Crippen LogP contribution is 2.36. The highest BCUT2D eigenvalue weighted by atomic mass is 35.5. The predicted molar refractivity (Wildman–Crippen MR) is 111 cm³/mol. The van der Waals surface area contributed by atoms with Crippen LogP contribution in [0, 0.1) is 0 Å². The van der Waals surface area contributed by atoms with Crippen molar-refractivity contribution in [2.24, 2.45) is 0 Å². The Balaban J connectivity index is 1.67. The molecule has 0 spiro atoms. The number of carbonyl (C=O) groups excluding carboxylic acids is 1. The lowest BCUT2D eigenvalue weighted by Crippen LogP contribution is -2.29. The molecule has 0 aliphatic heterocycles. The first-order valence-corrected chi connectivity index (χ1v) is 10.1. The van der Waals surface area contributed by atoms with Crippen LogP contribution in [-0.4, -0.2) is 47.7 Å². The number of fused-ring (bicyclic) bond motifs is 2. The quantitative estimate of drug-likeness (QED) is 0.487. The number of nitrogens with one attached hydrogen (secondary N) is 1. The van der Waals surface area contributed by atoms with Crippen molar-refractivity contribution in [1.82, 2.24) is 28.8 Å². The van der Waals surface area contributed by atoms with Crippen LogP contribution in [0.4, 0.5) is 0 Å². The van der Waals surface area contributed by atoms with E-state index in [1.54, 1.807) is 44.3 Å². The van der Waals surface area contributed by atoms with Crippen molar-refractivity contribution in [3.05, 3.63) is 63.7 Å². The van der Waals surface area contributed by atoms with Crippen molar-refractivity contribution in [2.75, 3.05) is 13.2 Å². The number of pyridine rings is 2. The number of amides is 1. The van der Waals surface area contributed by atoms with Crippen molar-refractivity contribution >= 4 is 34.2 Å². The SMILES string of the molecule is O=C(NCCO)c1c(Cn2c(=O)n(C3CC3)c3ccncc32)nc2cc(Cl)ccn12. The highest BCUT2D eigenvalue weighted by Gasteiger charge is 2.29. The van der Waals surface area contributed by atoms with Gasteiger partial charge in [-0.25, -0.2) is 9.78 Å². The van der Waals surface area contributed by atoms with Gasteiger partial charge in [0.2, 0.25) is 0 Å². The number of carbonyl (C=O) groups is 1. The molecule has 0 aromatic carbocycles. The Morgan fingerprint density at radius 1 is 1.30 bits per heavy atom. The van der Waals surface area contributed by atoms with E-state index in [9.17, 15) is 9.59 Å². The van der Waals surface area contributed by atoms with Crippen molar-refractivity contribution in [1.29, 1.82) is 0 Å². The summed E-state index contributed by atoms with van der Waals surface area (Å²) in [7, 11) is 0. The molecular formula is C20H19ClN6O3. The van der Waals surface area contributed by atoms with Gasteiger partial charge in [0.25, 0.3) is 5.91 Å². The predicted octanol–water partition coefficient (Wildman–Crippen LogP) is 1.60. The smallest absolute Gasteiger partial charge is 0.329 e. The minimum absolute atomic E-state index is 0.113. The Bertz CT molecular complexity index is 1330. The summed E-state index contributed by atoms with van der Waals surface area (Å²) in [6, 6.07) is 5.36. The van der Waals surface area contributed by atoms with E-state index in [0.717, 1.165) is 18.4 Å². The normalized spacial score (nSPS) is 13.9. The molecule has 9 nitrogen and oxygen atoms in total. The summed E-state index contributed by atoms with van der Waals surface area (Å²) in [6.45, 7) is 0.0511. The maximum absolute atomic E-state index is 13.2. The van der Waals surface area contributed by atoms with Crippen LogP contribution in [-0.2, 0) is 6.54 Å². The van der Waals surface area contributed by atoms with Crippen LogP contribution >= 0.6 is 11.6 Å². The van der Waals surface area contributed by atoms with Gasteiger partial charge in [0.05, 0.1) is 36.1 Å². The van der Waals surface area contributed by atoms with Gasteiger partial charge in [-0.3, -0.25) is 23.3 Å². The molecule has 0 atom stereocenters. The lowest BCUT2D eigenvalue weighted by Gasteiger charge is -2.07. The van der Waals surface area contributed by atoms with Crippen LogP contribution in [0.5, 0.6) is 0 Å². The molecule has 1 saturated carbocycles. The number of aliphatic hydroxyl groups excluding tert-OH is 1. The first kappa shape index (κ1) is 18.8. The second kappa shape index (κ2) is 7.26. The molecule has 2 N–H and O–H groups in total. The molecule has 0 saturated heterocycles. The number of hydrogen-bond donors (Lipinski definition) is 2. The summed E-state index contributed by atoms with van der Waals surface area (Å²) in [4.78, 5) is 34.8. The number of aliphatic hydroxyl groups is 1. The van der Waals surface area contributed by atoms with Gasteiger partial charge in [-0.05, 0) is 25.0 Å². The number of halogens is 1. The molecule has 154 valence electrons. The van der Waals surface area contributed by atoms with Gasteiger partial charge in [-0.1, -0.05) is 11.6 Å². The van der Waals surface area contributed by atoms with Crippen molar-refractivity contribution in [2.45, 2.75) is 25.4 Å². The maximum Gasteiger partial charge on any atom is 0.329 e. The fourth-order valence-electron chi connectivity index (χ4n) is 3.79. The number of nitrogens with zero attached hydrogens (tertiary/aromatic N) is 5. The van der Waals surface area contributed by atoms with Gasteiger partial charge >= 0.3 is 5.69 Å². The van der Waals surface area contributed by atoms with Gasteiger partial charge in [-0.15, -0.1) is 0 Å². The average molecular weight is 427 g/mol.